The van der Waals surface area contributed by atoms with E-state index in [1.54, 1.807) is 12.4 Å². The third kappa shape index (κ3) is 5.30. The maximum absolute atomic E-state index is 9.50. The lowest BCUT2D eigenvalue weighted by Gasteiger charge is -2.25. The van der Waals surface area contributed by atoms with Crippen LogP contribution in [-0.2, 0) is 6.61 Å². The summed E-state index contributed by atoms with van der Waals surface area (Å²) < 4.78 is 0. The highest BCUT2D eigenvalue weighted by atomic mass is 16.3. The molecule has 3 heterocycles. The normalized spacial score (nSPS) is 10.8. The van der Waals surface area contributed by atoms with Gasteiger partial charge in [0.15, 0.2) is 0 Å². The van der Waals surface area contributed by atoms with Crippen LogP contribution in [0, 0.1) is 0 Å². The van der Waals surface area contributed by atoms with E-state index >= 15 is 0 Å². The van der Waals surface area contributed by atoms with Gasteiger partial charge in [0.05, 0.1) is 29.4 Å². The van der Waals surface area contributed by atoms with Crippen LogP contribution in [0.3, 0.4) is 0 Å². The van der Waals surface area contributed by atoms with Crippen molar-refractivity contribution in [1.82, 2.24) is 15.0 Å². The SMILES string of the molecule is OCc1ccc(N(c2ccccc2)c2ccc(-c3cc(-c4ccccn4)nc(-c4ccccn4)c3)cc2)cc1. The summed E-state index contributed by atoms with van der Waals surface area (Å²) in [4.78, 5) is 16.2. The molecule has 0 spiro atoms. The van der Waals surface area contributed by atoms with Gasteiger partial charge in [0, 0.05) is 29.5 Å². The Kier molecular flexibility index (Phi) is 6.89. The van der Waals surface area contributed by atoms with Crippen molar-refractivity contribution in [3.63, 3.8) is 0 Å². The Balaban J connectivity index is 1.42. The summed E-state index contributed by atoms with van der Waals surface area (Å²) in [6.07, 6.45) is 3.56. The Bertz CT molecular complexity index is 1600. The second-order valence-corrected chi connectivity index (χ2v) is 9.10. The first kappa shape index (κ1) is 24.2. The van der Waals surface area contributed by atoms with Crippen LogP contribution in [-0.4, -0.2) is 20.1 Å². The molecule has 6 rings (SSSR count). The zero-order valence-corrected chi connectivity index (χ0v) is 21.2. The first-order valence-corrected chi connectivity index (χ1v) is 12.8. The highest BCUT2D eigenvalue weighted by molar-refractivity contribution is 5.80. The summed E-state index contributed by atoms with van der Waals surface area (Å²) >= 11 is 0. The summed E-state index contributed by atoms with van der Waals surface area (Å²) in [6.45, 7) is 0.0211. The Morgan fingerprint density at radius 2 is 1.00 bits per heavy atom. The van der Waals surface area contributed by atoms with E-state index in [0.29, 0.717) is 0 Å². The van der Waals surface area contributed by atoms with Crippen LogP contribution < -0.4 is 4.90 Å². The fourth-order valence-electron chi connectivity index (χ4n) is 4.57. The largest absolute Gasteiger partial charge is 0.392 e. The number of para-hydroxylation sites is 1. The number of aliphatic hydroxyl groups is 1. The maximum atomic E-state index is 9.50. The van der Waals surface area contributed by atoms with Crippen molar-refractivity contribution in [3.05, 3.63) is 145 Å². The molecule has 0 amide bonds. The molecular weight excluding hydrogens is 480 g/mol. The molecule has 188 valence electrons. The first-order valence-electron chi connectivity index (χ1n) is 12.8. The molecule has 0 fully saturated rings. The van der Waals surface area contributed by atoms with Crippen molar-refractivity contribution in [2.45, 2.75) is 6.61 Å². The van der Waals surface area contributed by atoms with E-state index in [1.807, 2.05) is 78.9 Å². The average Bonchev–Trinajstić information content (AvgIpc) is 3.03. The van der Waals surface area contributed by atoms with Gasteiger partial charge in [-0.3, -0.25) is 9.97 Å². The van der Waals surface area contributed by atoms with Gasteiger partial charge in [-0.05, 0) is 89.5 Å². The van der Waals surface area contributed by atoms with E-state index in [9.17, 15) is 5.11 Å². The molecule has 0 atom stereocenters. The summed E-state index contributed by atoms with van der Waals surface area (Å²) in [5.41, 5.74) is 9.32. The Morgan fingerprint density at radius 3 is 1.51 bits per heavy atom. The molecule has 6 aromatic rings. The van der Waals surface area contributed by atoms with E-state index in [-0.39, 0.29) is 6.61 Å². The summed E-state index contributed by atoms with van der Waals surface area (Å²) in [5.74, 6) is 0. The molecule has 0 aliphatic heterocycles. The van der Waals surface area contributed by atoms with E-state index in [2.05, 4.69) is 63.4 Å². The molecule has 0 unspecified atom stereocenters. The van der Waals surface area contributed by atoms with E-state index in [1.165, 1.54) is 0 Å². The van der Waals surface area contributed by atoms with Gasteiger partial charge < -0.3 is 10.0 Å². The van der Waals surface area contributed by atoms with Crippen molar-refractivity contribution in [3.8, 4) is 33.9 Å². The molecule has 5 nitrogen and oxygen atoms in total. The van der Waals surface area contributed by atoms with Gasteiger partial charge in [0.1, 0.15) is 0 Å². The predicted molar refractivity (Wildman–Crippen MR) is 157 cm³/mol. The summed E-state index contributed by atoms with van der Waals surface area (Å²) in [5, 5.41) is 9.50. The van der Waals surface area contributed by atoms with Crippen molar-refractivity contribution < 1.29 is 5.11 Å². The average molecular weight is 507 g/mol. The number of benzene rings is 3. The molecule has 0 saturated carbocycles. The molecule has 1 N–H and O–H groups in total. The van der Waals surface area contributed by atoms with Crippen LogP contribution in [0.2, 0.25) is 0 Å². The van der Waals surface area contributed by atoms with Gasteiger partial charge in [0.25, 0.3) is 0 Å². The second-order valence-electron chi connectivity index (χ2n) is 9.10. The van der Waals surface area contributed by atoms with E-state index in [0.717, 1.165) is 56.5 Å². The number of aliphatic hydroxyl groups excluding tert-OH is 1. The minimum atomic E-state index is 0.0211. The fourth-order valence-corrected chi connectivity index (χ4v) is 4.57. The lowest BCUT2D eigenvalue weighted by atomic mass is 10.0. The molecule has 3 aromatic heterocycles. The van der Waals surface area contributed by atoms with Gasteiger partial charge in [-0.1, -0.05) is 54.6 Å². The number of aromatic nitrogens is 3. The Morgan fingerprint density at radius 1 is 0.487 bits per heavy atom. The number of rotatable bonds is 7. The molecule has 3 aromatic carbocycles. The lowest BCUT2D eigenvalue weighted by Crippen LogP contribution is -2.09. The van der Waals surface area contributed by atoms with Crippen LogP contribution in [0.25, 0.3) is 33.9 Å². The van der Waals surface area contributed by atoms with Crippen molar-refractivity contribution in [2.24, 2.45) is 0 Å². The third-order valence-corrected chi connectivity index (χ3v) is 6.53. The van der Waals surface area contributed by atoms with Crippen LogP contribution in [0.4, 0.5) is 17.1 Å². The maximum Gasteiger partial charge on any atom is 0.0900 e. The number of anilines is 3. The molecule has 0 bridgehead atoms. The lowest BCUT2D eigenvalue weighted by molar-refractivity contribution is 0.282. The Hall–Kier alpha value is -5.13. The highest BCUT2D eigenvalue weighted by Crippen LogP contribution is 2.36. The molecule has 0 aliphatic rings. The quantitative estimate of drug-likeness (QED) is 0.239. The molecule has 5 heteroatoms. The standard InChI is InChI=1S/C34H26N4O/c39-24-25-12-16-29(17-13-25)38(28-8-2-1-3-9-28)30-18-14-26(15-19-30)27-22-33(31-10-4-6-20-35-31)37-34(23-27)32-11-5-7-21-36-32/h1-23,39H,24H2. The third-order valence-electron chi connectivity index (χ3n) is 6.53. The minimum Gasteiger partial charge on any atom is -0.392 e. The minimum absolute atomic E-state index is 0.0211. The zero-order chi connectivity index (χ0) is 26.4. The monoisotopic (exact) mass is 506 g/mol. The van der Waals surface area contributed by atoms with Crippen molar-refractivity contribution >= 4 is 17.1 Å². The van der Waals surface area contributed by atoms with Crippen molar-refractivity contribution in [2.75, 3.05) is 4.90 Å². The molecule has 0 saturated heterocycles. The zero-order valence-electron chi connectivity index (χ0n) is 21.2. The molecular formula is C34H26N4O. The van der Waals surface area contributed by atoms with Gasteiger partial charge >= 0.3 is 0 Å². The van der Waals surface area contributed by atoms with E-state index in [4.69, 9.17) is 4.98 Å². The summed E-state index contributed by atoms with van der Waals surface area (Å²) in [7, 11) is 0. The van der Waals surface area contributed by atoms with Crippen LogP contribution >= 0.6 is 0 Å². The van der Waals surface area contributed by atoms with Gasteiger partial charge in [-0.25, -0.2) is 4.98 Å². The van der Waals surface area contributed by atoms with Crippen LogP contribution in [0.15, 0.2) is 140 Å². The Labute approximate surface area is 227 Å². The van der Waals surface area contributed by atoms with Crippen molar-refractivity contribution in [1.29, 1.82) is 0 Å². The van der Waals surface area contributed by atoms with Gasteiger partial charge in [0.2, 0.25) is 0 Å². The van der Waals surface area contributed by atoms with Gasteiger partial charge in [-0.15, -0.1) is 0 Å². The molecule has 0 aliphatic carbocycles. The smallest absolute Gasteiger partial charge is 0.0900 e. The number of pyridine rings is 3. The second kappa shape index (κ2) is 11.1. The number of hydrogen-bond acceptors (Lipinski definition) is 5. The van der Waals surface area contributed by atoms with Crippen LogP contribution in [0.1, 0.15) is 5.56 Å². The predicted octanol–water partition coefficient (Wildman–Crippen LogP) is 7.83. The first-order chi connectivity index (χ1) is 19.3. The van der Waals surface area contributed by atoms with Gasteiger partial charge in [-0.2, -0.15) is 0 Å². The number of nitrogens with zero attached hydrogens (tertiary/aromatic N) is 4. The molecule has 39 heavy (non-hydrogen) atoms. The number of hydrogen-bond donors (Lipinski definition) is 1. The highest BCUT2D eigenvalue weighted by Gasteiger charge is 2.14. The van der Waals surface area contributed by atoms with E-state index < -0.39 is 0 Å². The molecule has 0 radical (unpaired) electrons. The van der Waals surface area contributed by atoms with Crippen LogP contribution in [0.5, 0.6) is 0 Å². The summed E-state index contributed by atoms with van der Waals surface area (Å²) in [6, 6.07) is 42.6. The topological polar surface area (TPSA) is 62.1 Å². The fraction of sp³-hybridized carbons (Fsp3) is 0.0294.